The van der Waals surface area contributed by atoms with Crippen LogP contribution < -0.4 is 4.74 Å². The van der Waals surface area contributed by atoms with Crippen molar-refractivity contribution in [3.8, 4) is 17.2 Å². The number of methoxy groups -OCH3 is 1. The van der Waals surface area contributed by atoms with Crippen LogP contribution in [-0.2, 0) is 6.42 Å². The maximum atomic E-state index is 12.6. The lowest BCUT2D eigenvalue weighted by atomic mass is 9.99. The molecule has 0 aliphatic rings. The van der Waals surface area contributed by atoms with E-state index in [9.17, 15) is 15.0 Å². The number of pyridine rings is 1. The molecule has 1 heterocycles. The Labute approximate surface area is 157 Å². The van der Waals surface area contributed by atoms with Gasteiger partial charge in [-0.05, 0) is 44.1 Å². The van der Waals surface area contributed by atoms with Gasteiger partial charge < -0.3 is 14.9 Å². The van der Waals surface area contributed by atoms with Gasteiger partial charge in [0.15, 0.2) is 5.78 Å². The van der Waals surface area contributed by atoms with Gasteiger partial charge in [-0.2, -0.15) is 0 Å². The Hall–Kier alpha value is -2.79. The van der Waals surface area contributed by atoms with Crippen LogP contribution in [0.1, 0.15) is 35.3 Å². The molecular weight excluding hydrogens is 354 g/mol. The fourth-order valence-electron chi connectivity index (χ4n) is 2.35. The summed E-state index contributed by atoms with van der Waals surface area (Å²) in [6.07, 6.45) is 8.04. The van der Waals surface area contributed by atoms with Gasteiger partial charge in [-0.1, -0.05) is 23.3 Å². The molecule has 0 saturated heterocycles. The molecule has 0 unspecified atom stereocenters. The number of aromatic hydroxyl groups is 2. The third-order valence-electron chi connectivity index (χ3n) is 3.68. The van der Waals surface area contributed by atoms with E-state index in [2.05, 4.69) is 4.98 Å². The third kappa shape index (κ3) is 4.64. The molecule has 0 saturated carbocycles. The number of nitrogens with zero attached hydrogens (tertiary/aromatic N) is 1. The van der Waals surface area contributed by atoms with E-state index < -0.39 is 5.78 Å². The standard InChI is InChI=1S/C20H20ClNO4/c1-12(2)4-6-15-17(24)9-18(26-3)19(20(15)25)16(23)7-5-13-8-14(21)11-22-10-13/h4-5,7-11,24-25H,6H2,1-3H3. The van der Waals surface area contributed by atoms with Crippen molar-refractivity contribution in [2.24, 2.45) is 0 Å². The van der Waals surface area contributed by atoms with E-state index in [1.54, 1.807) is 18.3 Å². The molecule has 0 fully saturated rings. The average Bonchev–Trinajstić information content (AvgIpc) is 2.58. The van der Waals surface area contributed by atoms with Crippen molar-refractivity contribution in [1.29, 1.82) is 0 Å². The van der Waals surface area contributed by atoms with Gasteiger partial charge in [-0.3, -0.25) is 9.78 Å². The second-order valence-corrected chi connectivity index (χ2v) is 6.36. The molecule has 0 bridgehead atoms. The van der Waals surface area contributed by atoms with Crippen LogP contribution in [0.4, 0.5) is 0 Å². The summed E-state index contributed by atoms with van der Waals surface area (Å²) in [5, 5.41) is 21.1. The zero-order valence-corrected chi connectivity index (χ0v) is 15.5. The number of aromatic nitrogens is 1. The van der Waals surface area contributed by atoms with Crippen LogP contribution in [-0.4, -0.2) is 28.1 Å². The van der Waals surface area contributed by atoms with Crippen LogP contribution in [0.5, 0.6) is 17.2 Å². The van der Waals surface area contributed by atoms with Gasteiger partial charge in [0.1, 0.15) is 22.8 Å². The predicted molar refractivity (Wildman–Crippen MR) is 102 cm³/mol. The highest BCUT2D eigenvalue weighted by atomic mass is 35.5. The Morgan fingerprint density at radius 2 is 2.00 bits per heavy atom. The lowest BCUT2D eigenvalue weighted by Gasteiger charge is -2.13. The summed E-state index contributed by atoms with van der Waals surface area (Å²) in [6, 6.07) is 2.99. The van der Waals surface area contributed by atoms with Crippen molar-refractivity contribution in [2.45, 2.75) is 20.3 Å². The average molecular weight is 374 g/mol. The summed E-state index contributed by atoms with van der Waals surface area (Å²) in [5.41, 5.74) is 1.94. The molecule has 1 aromatic carbocycles. The molecule has 0 aliphatic heterocycles. The molecule has 0 aliphatic carbocycles. The number of rotatable bonds is 6. The van der Waals surface area contributed by atoms with Crippen LogP contribution >= 0.6 is 11.6 Å². The quantitative estimate of drug-likeness (QED) is 0.441. The van der Waals surface area contributed by atoms with Gasteiger partial charge in [0.2, 0.25) is 0 Å². The Balaban J connectivity index is 2.44. The Kier molecular flexibility index (Phi) is 6.41. The van der Waals surface area contributed by atoms with Crippen LogP contribution in [0, 0.1) is 0 Å². The molecule has 26 heavy (non-hydrogen) atoms. The molecule has 6 heteroatoms. The number of ketones is 1. The second-order valence-electron chi connectivity index (χ2n) is 5.92. The zero-order valence-electron chi connectivity index (χ0n) is 14.8. The molecule has 2 aromatic rings. The number of hydrogen-bond donors (Lipinski definition) is 2. The van der Waals surface area contributed by atoms with Crippen molar-refractivity contribution in [3.63, 3.8) is 0 Å². The smallest absolute Gasteiger partial charge is 0.193 e. The van der Waals surface area contributed by atoms with E-state index >= 15 is 0 Å². The predicted octanol–water partition coefficient (Wildman–Crippen LogP) is 4.56. The fourth-order valence-corrected chi connectivity index (χ4v) is 2.54. The lowest BCUT2D eigenvalue weighted by molar-refractivity contribution is 0.104. The molecule has 5 nitrogen and oxygen atoms in total. The summed E-state index contributed by atoms with van der Waals surface area (Å²) in [5.74, 6) is -0.785. The van der Waals surface area contributed by atoms with Crippen LogP contribution in [0.2, 0.25) is 5.02 Å². The van der Waals surface area contributed by atoms with Gasteiger partial charge >= 0.3 is 0 Å². The van der Waals surface area contributed by atoms with Crippen molar-refractivity contribution in [1.82, 2.24) is 4.98 Å². The highest BCUT2D eigenvalue weighted by Crippen LogP contribution is 2.39. The number of carbonyl (C=O) groups is 1. The van der Waals surface area contributed by atoms with Gasteiger partial charge in [0.05, 0.1) is 12.1 Å². The lowest BCUT2D eigenvalue weighted by Crippen LogP contribution is -2.02. The number of allylic oxidation sites excluding steroid dienone is 3. The normalized spacial score (nSPS) is 10.8. The SMILES string of the molecule is COc1cc(O)c(CC=C(C)C)c(O)c1C(=O)C=Cc1cncc(Cl)c1. The number of hydrogen-bond acceptors (Lipinski definition) is 5. The van der Waals surface area contributed by atoms with E-state index in [0.29, 0.717) is 17.0 Å². The Morgan fingerprint density at radius 3 is 2.62 bits per heavy atom. The zero-order chi connectivity index (χ0) is 19.3. The topological polar surface area (TPSA) is 79.6 Å². The van der Waals surface area contributed by atoms with Crippen molar-refractivity contribution in [2.75, 3.05) is 7.11 Å². The van der Waals surface area contributed by atoms with Crippen LogP contribution in [0.15, 0.2) is 42.3 Å². The number of ether oxygens (including phenoxy) is 1. The van der Waals surface area contributed by atoms with Crippen molar-refractivity contribution < 1.29 is 19.7 Å². The summed E-state index contributed by atoms with van der Waals surface area (Å²) in [4.78, 5) is 16.6. The maximum Gasteiger partial charge on any atom is 0.193 e. The van der Waals surface area contributed by atoms with Crippen LogP contribution in [0.25, 0.3) is 6.08 Å². The summed E-state index contributed by atoms with van der Waals surface area (Å²) >= 11 is 5.87. The monoisotopic (exact) mass is 373 g/mol. The van der Waals surface area contributed by atoms with Crippen molar-refractivity contribution >= 4 is 23.5 Å². The highest BCUT2D eigenvalue weighted by Gasteiger charge is 2.21. The number of benzene rings is 1. The van der Waals surface area contributed by atoms with E-state index in [-0.39, 0.29) is 28.4 Å². The molecule has 2 rings (SSSR count). The molecule has 0 amide bonds. The van der Waals surface area contributed by atoms with E-state index in [1.807, 2.05) is 19.9 Å². The Morgan fingerprint density at radius 1 is 1.27 bits per heavy atom. The largest absolute Gasteiger partial charge is 0.507 e. The molecule has 0 radical (unpaired) electrons. The fraction of sp³-hybridized carbons (Fsp3) is 0.200. The first kappa shape index (κ1) is 19.5. The van der Waals surface area contributed by atoms with Gasteiger partial charge in [0, 0.05) is 24.0 Å². The highest BCUT2D eigenvalue weighted by molar-refractivity contribution is 6.30. The number of carbonyl (C=O) groups excluding carboxylic acids is 1. The molecule has 0 atom stereocenters. The Bertz CT molecular complexity index is 884. The van der Waals surface area contributed by atoms with Crippen molar-refractivity contribution in [3.05, 3.63) is 64.0 Å². The van der Waals surface area contributed by atoms with E-state index in [4.69, 9.17) is 16.3 Å². The summed E-state index contributed by atoms with van der Waals surface area (Å²) in [7, 11) is 1.37. The number of phenols is 2. The van der Waals surface area contributed by atoms with Gasteiger partial charge in [-0.15, -0.1) is 0 Å². The first-order valence-corrected chi connectivity index (χ1v) is 8.29. The minimum atomic E-state index is -0.460. The summed E-state index contributed by atoms with van der Waals surface area (Å²) < 4.78 is 5.16. The van der Waals surface area contributed by atoms with E-state index in [0.717, 1.165) is 5.57 Å². The van der Waals surface area contributed by atoms with Crippen LogP contribution in [0.3, 0.4) is 0 Å². The number of halogens is 1. The number of phenolic OH excluding ortho intramolecular Hbond substituents is 2. The van der Waals surface area contributed by atoms with Gasteiger partial charge in [0.25, 0.3) is 0 Å². The molecule has 136 valence electrons. The maximum absolute atomic E-state index is 12.6. The molecule has 0 spiro atoms. The first-order chi connectivity index (χ1) is 12.3. The minimum Gasteiger partial charge on any atom is -0.507 e. The minimum absolute atomic E-state index is 0.00584. The summed E-state index contributed by atoms with van der Waals surface area (Å²) in [6.45, 7) is 3.82. The second kappa shape index (κ2) is 8.54. The molecule has 2 N–H and O–H groups in total. The van der Waals surface area contributed by atoms with Gasteiger partial charge in [-0.25, -0.2) is 0 Å². The third-order valence-corrected chi connectivity index (χ3v) is 3.89. The first-order valence-electron chi connectivity index (χ1n) is 7.91. The molecular formula is C20H20ClNO4. The molecule has 1 aromatic heterocycles. The van der Waals surface area contributed by atoms with E-state index in [1.165, 1.54) is 25.4 Å².